The molecule has 0 radical (unpaired) electrons. The second-order valence-corrected chi connectivity index (χ2v) is 4.26. The lowest BCUT2D eigenvalue weighted by atomic mass is 10.3. The Morgan fingerprint density at radius 3 is 2.20 bits per heavy atom. The van der Waals surface area contributed by atoms with Gasteiger partial charge in [-0.3, -0.25) is 5.84 Å². The van der Waals surface area contributed by atoms with Crippen LogP contribution in [0.2, 0.25) is 5.02 Å². The molecule has 0 unspecified atom stereocenters. The largest absolute Gasteiger partial charge is 0.490 e. The smallest absolute Gasteiger partial charge is 0.122 e. The third-order valence-electron chi connectivity index (χ3n) is 2.44. The standard InChI is InChI=1S/C14H15ClN2O2.ClH/c15-11-2-1-3-14(10-11)19-9-8-18-13-6-4-12(17-16)5-7-13;/h1-7,10,17H,8-9,16H2;1H. The highest BCUT2D eigenvalue weighted by atomic mass is 35.5. The molecule has 0 spiro atoms. The summed E-state index contributed by atoms with van der Waals surface area (Å²) in [6.45, 7) is 0.916. The molecule has 3 N–H and O–H groups in total. The molecule has 2 aromatic rings. The minimum Gasteiger partial charge on any atom is -0.490 e. The van der Waals surface area contributed by atoms with Gasteiger partial charge in [0, 0.05) is 10.7 Å². The first-order chi connectivity index (χ1) is 9.28. The van der Waals surface area contributed by atoms with Gasteiger partial charge in [0.05, 0.1) is 0 Å². The number of halogens is 2. The van der Waals surface area contributed by atoms with E-state index in [0.717, 1.165) is 17.2 Å². The molecule has 20 heavy (non-hydrogen) atoms. The van der Waals surface area contributed by atoms with Gasteiger partial charge in [0.2, 0.25) is 0 Å². The fourth-order valence-electron chi connectivity index (χ4n) is 1.52. The van der Waals surface area contributed by atoms with Crippen molar-refractivity contribution in [2.75, 3.05) is 18.6 Å². The van der Waals surface area contributed by atoms with Crippen LogP contribution < -0.4 is 20.7 Å². The average Bonchev–Trinajstić information content (AvgIpc) is 2.44. The van der Waals surface area contributed by atoms with Crippen molar-refractivity contribution in [3.63, 3.8) is 0 Å². The summed E-state index contributed by atoms with van der Waals surface area (Å²) < 4.78 is 11.0. The van der Waals surface area contributed by atoms with Gasteiger partial charge in [0.25, 0.3) is 0 Å². The molecule has 108 valence electrons. The Balaban J connectivity index is 0.00000200. The Labute approximate surface area is 129 Å². The first kappa shape index (κ1) is 16.4. The average molecular weight is 315 g/mol. The summed E-state index contributed by atoms with van der Waals surface area (Å²) >= 11 is 5.85. The lowest BCUT2D eigenvalue weighted by molar-refractivity contribution is 0.217. The van der Waals surface area contributed by atoms with Crippen LogP contribution in [0.3, 0.4) is 0 Å². The lowest BCUT2D eigenvalue weighted by Gasteiger charge is -2.09. The number of nitrogen functional groups attached to an aromatic ring is 1. The van der Waals surface area contributed by atoms with Crippen molar-refractivity contribution < 1.29 is 9.47 Å². The first-order valence-corrected chi connectivity index (χ1v) is 6.23. The zero-order chi connectivity index (χ0) is 13.5. The number of nitrogens with two attached hydrogens (primary N) is 1. The molecule has 0 aliphatic heterocycles. The summed E-state index contributed by atoms with van der Waals surface area (Å²) in [4.78, 5) is 0. The maximum atomic E-state index is 5.85. The van der Waals surface area contributed by atoms with E-state index >= 15 is 0 Å². The van der Waals surface area contributed by atoms with E-state index in [0.29, 0.717) is 18.2 Å². The van der Waals surface area contributed by atoms with E-state index in [2.05, 4.69) is 5.43 Å². The molecule has 0 heterocycles. The topological polar surface area (TPSA) is 56.5 Å². The molecule has 0 bridgehead atoms. The highest BCUT2D eigenvalue weighted by molar-refractivity contribution is 6.30. The van der Waals surface area contributed by atoms with Gasteiger partial charge in [-0.2, -0.15) is 0 Å². The van der Waals surface area contributed by atoms with Crippen LogP contribution in [0, 0.1) is 0 Å². The zero-order valence-electron chi connectivity index (χ0n) is 10.7. The summed E-state index contributed by atoms with van der Waals surface area (Å²) in [6, 6.07) is 14.6. The minimum absolute atomic E-state index is 0. The molecule has 0 saturated heterocycles. The maximum absolute atomic E-state index is 5.85. The van der Waals surface area contributed by atoms with Crippen molar-refractivity contribution in [1.82, 2.24) is 0 Å². The number of ether oxygens (including phenoxy) is 2. The van der Waals surface area contributed by atoms with E-state index in [1.807, 2.05) is 36.4 Å². The monoisotopic (exact) mass is 314 g/mol. The van der Waals surface area contributed by atoms with Gasteiger partial charge >= 0.3 is 0 Å². The molecule has 0 fully saturated rings. The third kappa shape index (κ3) is 5.17. The van der Waals surface area contributed by atoms with Crippen molar-refractivity contribution in [1.29, 1.82) is 0 Å². The van der Waals surface area contributed by atoms with Gasteiger partial charge in [-0.15, -0.1) is 12.4 Å². The molecule has 4 nitrogen and oxygen atoms in total. The summed E-state index contributed by atoms with van der Waals surface area (Å²) in [5.41, 5.74) is 3.39. The second kappa shape index (κ2) is 8.53. The summed E-state index contributed by atoms with van der Waals surface area (Å²) in [7, 11) is 0. The molecule has 0 amide bonds. The second-order valence-electron chi connectivity index (χ2n) is 3.82. The van der Waals surface area contributed by atoms with Crippen molar-refractivity contribution in [3.05, 3.63) is 53.6 Å². The number of nitrogens with one attached hydrogen (secondary N) is 1. The van der Waals surface area contributed by atoms with E-state index in [9.17, 15) is 0 Å². The molecule has 0 saturated carbocycles. The molecule has 2 rings (SSSR count). The quantitative estimate of drug-likeness (QED) is 0.487. The Hall–Kier alpha value is -1.62. The normalized spacial score (nSPS) is 9.50. The van der Waals surface area contributed by atoms with Crippen molar-refractivity contribution in [2.24, 2.45) is 5.84 Å². The van der Waals surface area contributed by atoms with Gasteiger partial charge in [-0.1, -0.05) is 17.7 Å². The van der Waals surface area contributed by atoms with Crippen molar-refractivity contribution >= 4 is 29.7 Å². The Kier molecular flexibility index (Phi) is 7.01. The molecular weight excluding hydrogens is 299 g/mol. The minimum atomic E-state index is 0. The van der Waals surface area contributed by atoms with E-state index in [1.54, 1.807) is 12.1 Å². The number of benzene rings is 2. The SMILES string of the molecule is Cl.NNc1ccc(OCCOc2cccc(Cl)c2)cc1. The van der Waals surface area contributed by atoms with Crippen LogP contribution in [-0.4, -0.2) is 13.2 Å². The molecule has 2 aromatic carbocycles. The highest BCUT2D eigenvalue weighted by Crippen LogP contribution is 2.17. The molecule has 0 aliphatic carbocycles. The van der Waals surface area contributed by atoms with Gasteiger partial charge in [-0.25, -0.2) is 0 Å². The fourth-order valence-corrected chi connectivity index (χ4v) is 1.70. The van der Waals surface area contributed by atoms with Gasteiger partial charge in [-0.05, 0) is 42.5 Å². The van der Waals surface area contributed by atoms with Crippen LogP contribution in [0.5, 0.6) is 11.5 Å². The van der Waals surface area contributed by atoms with E-state index in [1.165, 1.54) is 0 Å². The van der Waals surface area contributed by atoms with Crippen LogP contribution in [0.25, 0.3) is 0 Å². The predicted octanol–water partition coefficient (Wildman–Crippen LogP) is 3.51. The van der Waals surface area contributed by atoms with Crippen molar-refractivity contribution in [3.8, 4) is 11.5 Å². The number of hydrogen-bond donors (Lipinski definition) is 2. The fraction of sp³-hybridized carbons (Fsp3) is 0.143. The number of hydrazine groups is 1. The molecule has 0 atom stereocenters. The van der Waals surface area contributed by atoms with Gasteiger partial charge < -0.3 is 14.9 Å². The lowest BCUT2D eigenvalue weighted by Crippen LogP contribution is -2.09. The summed E-state index contributed by atoms with van der Waals surface area (Å²) in [5.74, 6) is 6.78. The Morgan fingerprint density at radius 1 is 0.950 bits per heavy atom. The van der Waals surface area contributed by atoms with Gasteiger partial charge in [0.1, 0.15) is 24.7 Å². The van der Waals surface area contributed by atoms with E-state index in [-0.39, 0.29) is 12.4 Å². The Morgan fingerprint density at radius 2 is 1.60 bits per heavy atom. The Bertz CT molecular complexity index is 521. The first-order valence-electron chi connectivity index (χ1n) is 5.86. The molecule has 6 heteroatoms. The summed E-state index contributed by atoms with van der Waals surface area (Å²) in [5, 5.41) is 0.656. The summed E-state index contributed by atoms with van der Waals surface area (Å²) in [6.07, 6.45) is 0. The van der Waals surface area contributed by atoms with Crippen LogP contribution in [0.4, 0.5) is 5.69 Å². The van der Waals surface area contributed by atoms with Crippen LogP contribution >= 0.6 is 24.0 Å². The number of hydrogen-bond acceptors (Lipinski definition) is 4. The maximum Gasteiger partial charge on any atom is 0.122 e. The molecule has 0 aliphatic rings. The predicted molar refractivity (Wildman–Crippen MR) is 83.9 cm³/mol. The van der Waals surface area contributed by atoms with Crippen molar-refractivity contribution in [2.45, 2.75) is 0 Å². The molecule has 0 aromatic heterocycles. The zero-order valence-corrected chi connectivity index (χ0v) is 12.3. The van der Waals surface area contributed by atoms with Crippen LogP contribution in [0.1, 0.15) is 0 Å². The molecular formula is C14H16Cl2N2O2. The van der Waals surface area contributed by atoms with E-state index < -0.39 is 0 Å². The number of anilines is 1. The third-order valence-corrected chi connectivity index (χ3v) is 2.67. The van der Waals surface area contributed by atoms with E-state index in [4.69, 9.17) is 26.9 Å². The van der Waals surface area contributed by atoms with Gasteiger partial charge in [0.15, 0.2) is 0 Å². The van der Waals surface area contributed by atoms with Crippen LogP contribution in [0.15, 0.2) is 48.5 Å². The number of rotatable bonds is 6. The van der Waals surface area contributed by atoms with Crippen LogP contribution in [-0.2, 0) is 0 Å². The highest BCUT2D eigenvalue weighted by Gasteiger charge is 1.97.